The molecule has 0 aliphatic carbocycles. The summed E-state index contributed by atoms with van der Waals surface area (Å²) < 4.78 is 27.2. The Morgan fingerprint density at radius 1 is 1.24 bits per heavy atom. The first-order valence-electron chi connectivity index (χ1n) is 9.91. The van der Waals surface area contributed by atoms with E-state index in [1.807, 2.05) is 37.9 Å². The molecule has 1 amide bonds. The van der Waals surface area contributed by atoms with Gasteiger partial charge in [0.05, 0.1) is 30.8 Å². The number of carbonyl (C=O) groups is 1. The Balaban J connectivity index is 1.94. The van der Waals surface area contributed by atoms with E-state index in [9.17, 15) is 18.7 Å². The number of hydrogen-bond acceptors (Lipinski definition) is 6. The number of hydrogen-bond donors (Lipinski definition) is 4. The fourth-order valence-electron chi connectivity index (χ4n) is 4.22. The molecule has 0 saturated carbocycles. The molecule has 2 fully saturated rings. The highest BCUT2D eigenvalue weighted by Crippen LogP contribution is 2.37. The van der Waals surface area contributed by atoms with Crippen molar-refractivity contribution in [3.63, 3.8) is 0 Å². The van der Waals surface area contributed by atoms with E-state index in [0.717, 1.165) is 12.5 Å². The summed E-state index contributed by atoms with van der Waals surface area (Å²) in [4.78, 5) is 14.6. The van der Waals surface area contributed by atoms with E-state index in [1.165, 1.54) is 12.1 Å². The van der Waals surface area contributed by atoms with E-state index in [2.05, 4.69) is 16.1 Å². The molecule has 0 aromatic heterocycles. The van der Waals surface area contributed by atoms with Crippen LogP contribution >= 0.6 is 0 Å². The predicted molar refractivity (Wildman–Crippen MR) is 105 cm³/mol. The van der Waals surface area contributed by atoms with Crippen molar-refractivity contribution in [1.29, 1.82) is 0 Å². The Kier molecular flexibility index (Phi) is 6.26. The van der Waals surface area contributed by atoms with Gasteiger partial charge in [0.15, 0.2) is 0 Å². The molecule has 4 N–H and O–H groups in total. The van der Waals surface area contributed by atoms with Crippen LogP contribution in [-0.2, 0) is 10.7 Å². The van der Waals surface area contributed by atoms with Gasteiger partial charge in [-0.3, -0.25) is 15.0 Å². The summed E-state index contributed by atoms with van der Waals surface area (Å²) in [6, 6.07) is 5.71. The van der Waals surface area contributed by atoms with E-state index >= 15 is 0 Å². The third-order valence-electron chi connectivity index (χ3n) is 5.70. The zero-order chi connectivity index (χ0) is 21.5. The van der Waals surface area contributed by atoms with Gasteiger partial charge in [-0.15, -0.1) is 0 Å². The van der Waals surface area contributed by atoms with Gasteiger partial charge in [-0.2, -0.15) is 0 Å². The Morgan fingerprint density at radius 2 is 1.86 bits per heavy atom. The summed E-state index contributed by atoms with van der Waals surface area (Å²) in [6.07, 6.45) is -0.701. The van der Waals surface area contributed by atoms with E-state index < -0.39 is 17.9 Å². The minimum absolute atomic E-state index is 0.0351. The van der Waals surface area contributed by atoms with Crippen molar-refractivity contribution in [1.82, 2.24) is 26.0 Å². The van der Waals surface area contributed by atoms with Gasteiger partial charge in [-0.1, -0.05) is 38.1 Å². The summed E-state index contributed by atoms with van der Waals surface area (Å²) in [7, 11) is 3.72. The molecule has 2 aliphatic heterocycles. The average Bonchev–Trinajstić information content (AvgIpc) is 3.00. The first-order chi connectivity index (χ1) is 13.5. The van der Waals surface area contributed by atoms with Crippen LogP contribution in [0.15, 0.2) is 24.3 Å². The molecule has 2 saturated heterocycles. The number of benzene rings is 1. The summed E-state index contributed by atoms with van der Waals surface area (Å²) in [5, 5.41) is 18.2. The molecule has 1 aromatic rings. The molecule has 3 rings (SSSR count). The van der Waals surface area contributed by atoms with Gasteiger partial charge in [0.2, 0.25) is 5.91 Å². The molecule has 0 spiro atoms. The lowest BCUT2D eigenvalue weighted by Crippen LogP contribution is -2.68. The Labute approximate surface area is 170 Å². The summed E-state index contributed by atoms with van der Waals surface area (Å²) in [6.45, 7) is 4.78. The maximum atomic E-state index is 13.6. The zero-order valence-corrected chi connectivity index (χ0v) is 17.5. The van der Waals surface area contributed by atoms with Crippen molar-refractivity contribution in [3.8, 4) is 0 Å². The fourth-order valence-corrected chi connectivity index (χ4v) is 4.22. The number of nitrogens with zero attached hydrogens (tertiary/aromatic N) is 2. The highest BCUT2D eigenvalue weighted by molar-refractivity contribution is 5.81. The molecule has 5 unspecified atom stereocenters. The topological polar surface area (TPSA) is 79.9 Å². The summed E-state index contributed by atoms with van der Waals surface area (Å²) >= 11 is 0. The number of halogens is 2. The molecule has 2 heterocycles. The van der Waals surface area contributed by atoms with Crippen molar-refractivity contribution in [2.24, 2.45) is 11.8 Å². The quantitative estimate of drug-likeness (QED) is 0.563. The third kappa shape index (κ3) is 4.29. The molecule has 5 atom stereocenters. The lowest BCUT2D eigenvalue weighted by Gasteiger charge is -2.42. The second kappa shape index (κ2) is 8.23. The van der Waals surface area contributed by atoms with Gasteiger partial charge in [-0.25, -0.2) is 19.2 Å². The Hall–Kier alpha value is -1.65. The minimum Gasteiger partial charge on any atom is -0.395 e. The number of alkyl halides is 2. The van der Waals surface area contributed by atoms with E-state index in [1.54, 1.807) is 12.1 Å². The van der Waals surface area contributed by atoms with Crippen LogP contribution in [0.1, 0.15) is 37.9 Å². The molecule has 9 heteroatoms. The molecule has 0 bridgehead atoms. The molecular formula is C20H31F2N5O2. The van der Waals surface area contributed by atoms with Crippen LogP contribution in [-0.4, -0.2) is 60.1 Å². The molecule has 7 nitrogen and oxygen atoms in total. The van der Waals surface area contributed by atoms with Crippen molar-refractivity contribution in [3.05, 3.63) is 35.4 Å². The number of aliphatic hydroxyl groups excluding tert-OH is 1. The summed E-state index contributed by atoms with van der Waals surface area (Å²) in [5.74, 6) is -3.38. The second-order valence-corrected chi connectivity index (χ2v) is 8.54. The molecule has 2 aliphatic rings. The van der Waals surface area contributed by atoms with Gasteiger partial charge in [-0.05, 0) is 25.6 Å². The largest absolute Gasteiger partial charge is 0.395 e. The highest BCUT2D eigenvalue weighted by Gasteiger charge is 2.52. The van der Waals surface area contributed by atoms with Crippen LogP contribution in [0.5, 0.6) is 0 Å². The van der Waals surface area contributed by atoms with E-state index in [0.29, 0.717) is 0 Å². The molecule has 1 aromatic carbocycles. The van der Waals surface area contributed by atoms with Crippen molar-refractivity contribution >= 4 is 5.91 Å². The third-order valence-corrected chi connectivity index (χ3v) is 5.70. The second-order valence-electron chi connectivity index (χ2n) is 8.54. The smallest absolute Gasteiger partial charge is 0.270 e. The zero-order valence-electron chi connectivity index (χ0n) is 17.5. The molecule has 162 valence electrons. The summed E-state index contributed by atoms with van der Waals surface area (Å²) in [5.41, 5.74) is 4.12. The van der Waals surface area contributed by atoms with Crippen LogP contribution in [0.3, 0.4) is 0 Å². The number of carbonyl (C=O) groups excluding carboxylic acids is 1. The van der Waals surface area contributed by atoms with Crippen LogP contribution in [0.4, 0.5) is 8.78 Å². The average molecular weight is 411 g/mol. The molecular weight excluding hydrogens is 380 g/mol. The SMILES string of the molecule is CC(C)C(c1ccc(C(C)(F)F)cc1)N1NC(CO)C2C(=O)NC(N(C)C)NC21. The van der Waals surface area contributed by atoms with Crippen LogP contribution in [0, 0.1) is 11.8 Å². The van der Waals surface area contributed by atoms with Gasteiger partial charge in [0.25, 0.3) is 5.92 Å². The van der Waals surface area contributed by atoms with Gasteiger partial charge in [0.1, 0.15) is 6.29 Å². The number of nitrogens with one attached hydrogen (secondary N) is 3. The first kappa shape index (κ1) is 22.0. The lowest BCUT2D eigenvalue weighted by molar-refractivity contribution is -0.134. The number of amides is 1. The normalized spacial score (nSPS) is 29.2. The Morgan fingerprint density at radius 3 is 2.34 bits per heavy atom. The molecule has 29 heavy (non-hydrogen) atoms. The van der Waals surface area contributed by atoms with Gasteiger partial charge < -0.3 is 10.4 Å². The number of rotatable bonds is 6. The van der Waals surface area contributed by atoms with E-state index in [4.69, 9.17) is 0 Å². The standard InChI is InChI=1S/C20H31F2N5O2/c1-11(2)16(12-6-8-13(9-7-12)20(3,21)22)27-17-15(14(10-28)25-27)18(29)24-19(23-17)26(4)5/h6-9,11,14-17,19,23,25,28H,10H2,1-5H3,(H,24,29). The maximum absolute atomic E-state index is 13.6. The van der Waals surface area contributed by atoms with Crippen LogP contribution in [0.25, 0.3) is 0 Å². The van der Waals surface area contributed by atoms with E-state index in [-0.39, 0.29) is 42.5 Å². The number of fused-ring (bicyclic) bond motifs is 1. The monoisotopic (exact) mass is 411 g/mol. The number of hydrazine groups is 1. The van der Waals surface area contributed by atoms with Crippen molar-refractivity contribution in [2.75, 3.05) is 20.7 Å². The maximum Gasteiger partial charge on any atom is 0.270 e. The van der Waals surface area contributed by atoms with Crippen molar-refractivity contribution < 1.29 is 18.7 Å². The van der Waals surface area contributed by atoms with Gasteiger partial charge in [0, 0.05) is 12.5 Å². The number of aliphatic hydroxyl groups is 1. The van der Waals surface area contributed by atoms with Crippen molar-refractivity contribution in [2.45, 2.75) is 51.2 Å². The van der Waals surface area contributed by atoms with Crippen LogP contribution in [0.2, 0.25) is 0 Å². The lowest BCUT2D eigenvalue weighted by atomic mass is 9.91. The Bertz CT molecular complexity index is 723. The molecule has 0 radical (unpaired) electrons. The minimum atomic E-state index is -2.90. The fraction of sp³-hybridized carbons (Fsp3) is 0.650. The van der Waals surface area contributed by atoms with Gasteiger partial charge >= 0.3 is 0 Å². The van der Waals surface area contributed by atoms with Crippen LogP contribution < -0.4 is 16.1 Å². The highest BCUT2D eigenvalue weighted by atomic mass is 19.3. The first-order valence-corrected chi connectivity index (χ1v) is 9.91. The predicted octanol–water partition coefficient (Wildman–Crippen LogP) is 1.18.